The molecule has 2 atom stereocenters. The lowest BCUT2D eigenvalue weighted by Gasteiger charge is -2.35. The molecule has 0 radical (unpaired) electrons. The molecule has 2 saturated heterocycles. The lowest BCUT2D eigenvalue weighted by Crippen LogP contribution is -2.48. The molecule has 2 unspecified atom stereocenters. The molecule has 1 N–H and O–H groups in total. The van der Waals surface area contributed by atoms with Gasteiger partial charge in [0.25, 0.3) is 0 Å². The summed E-state index contributed by atoms with van der Waals surface area (Å²) in [5.74, 6) is 0.872. The van der Waals surface area contributed by atoms with Crippen molar-refractivity contribution in [3.63, 3.8) is 0 Å². The number of morpholine rings is 1. The van der Waals surface area contributed by atoms with Crippen molar-refractivity contribution >= 4 is 5.91 Å². The maximum atomic E-state index is 12.2. The van der Waals surface area contributed by atoms with Crippen molar-refractivity contribution in [2.24, 2.45) is 5.92 Å². The van der Waals surface area contributed by atoms with Crippen LogP contribution in [0.2, 0.25) is 0 Å². The van der Waals surface area contributed by atoms with Crippen LogP contribution < -0.4 is 5.32 Å². The van der Waals surface area contributed by atoms with Gasteiger partial charge in [-0.2, -0.15) is 0 Å². The first-order valence-electron chi connectivity index (χ1n) is 6.39. The van der Waals surface area contributed by atoms with Gasteiger partial charge in [0, 0.05) is 13.0 Å². The summed E-state index contributed by atoms with van der Waals surface area (Å²) in [5, 5.41) is 3.31. The van der Waals surface area contributed by atoms with Crippen LogP contribution in [0.1, 0.15) is 26.2 Å². The Morgan fingerprint density at radius 1 is 1.56 bits per heavy atom. The Hall–Kier alpha value is -0.610. The van der Waals surface area contributed by atoms with E-state index in [1.54, 1.807) is 0 Å². The van der Waals surface area contributed by atoms with Gasteiger partial charge in [-0.1, -0.05) is 6.92 Å². The fourth-order valence-corrected chi connectivity index (χ4v) is 2.57. The van der Waals surface area contributed by atoms with E-state index in [9.17, 15) is 4.79 Å². The quantitative estimate of drug-likeness (QED) is 0.767. The lowest BCUT2D eigenvalue weighted by molar-refractivity contribution is -0.140. The van der Waals surface area contributed by atoms with Crippen LogP contribution in [0, 0.1) is 5.92 Å². The molecule has 0 saturated carbocycles. The molecule has 0 aromatic carbocycles. The summed E-state index contributed by atoms with van der Waals surface area (Å²) in [4.78, 5) is 14.2. The highest BCUT2D eigenvalue weighted by Crippen LogP contribution is 2.17. The number of ether oxygens (including phenoxy) is 1. The molecular formula is C12H22N2O2. The van der Waals surface area contributed by atoms with Crippen molar-refractivity contribution in [3.8, 4) is 0 Å². The van der Waals surface area contributed by atoms with Gasteiger partial charge in [-0.25, -0.2) is 0 Å². The van der Waals surface area contributed by atoms with Crippen LogP contribution in [0.4, 0.5) is 0 Å². The van der Waals surface area contributed by atoms with E-state index >= 15 is 0 Å². The summed E-state index contributed by atoms with van der Waals surface area (Å²) >= 11 is 0. The molecule has 16 heavy (non-hydrogen) atoms. The molecule has 2 aliphatic rings. The minimum Gasteiger partial charge on any atom is -0.377 e. The number of carbonyl (C=O) groups is 1. The van der Waals surface area contributed by atoms with Gasteiger partial charge in [0.15, 0.2) is 0 Å². The third-order valence-electron chi connectivity index (χ3n) is 3.64. The molecule has 92 valence electrons. The number of amides is 1. The zero-order valence-electron chi connectivity index (χ0n) is 10.1. The number of carbonyl (C=O) groups excluding carboxylic acids is 1. The maximum Gasteiger partial charge on any atom is 0.223 e. The van der Waals surface area contributed by atoms with Gasteiger partial charge in [0.05, 0.1) is 19.3 Å². The highest BCUT2D eigenvalue weighted by atomic mass is 16.5. The Bertz CT molecular complexity index is 239. The third-order valence-corrected chi connectivity index (χ3v) is 3.64. The van der Waals surface area contributed by atoms with Gasteiger partial charge in [-0.15, -0.1) is 0 Å². The van der Waals surface area contributed by atoms with Crippen molar-refractivity contribution < 1.29 is 9.53 Å². The Kier molecular flexibility index (Phi) is 4.18. The highest BCUT2D eigenvalue weighted by molar-refractivity contribution is 5.77. The average molecular weight is 226 g/mol. The number of nitrogens with zero attached hydrogens (tertiary/aromatic N) is 1. The number of hydrogen-bond acceptors (Lipinski definition) is 3. The van der Waals surface area contributed by atoms with Gasteiger partial charge in [0.2, 0.25) is 5.91 Å². The maximum absolute atomic E-state index is 12.2. The summed E-state index contributed by atoms with van der Waals surface area (Å²) in [7, 11) is 0. The molecule has 4 heteroatoms. The lowest BCUT2D eigenvalue weighted by atomic mass is 10.0. The topological polar surface area (TPSA) is 41.6 Å². The van der Waals surface area contributed by atoms with Crippen molar-refractivity contribution in [2.75, 3.05) is 32.8 Å². The monoisotopic (exact) mass is 226 g/mol. The molecular weight excluding hydrogens is 204 g/mol. The third kappa shape index (κ3) is 2.74. The number of hydrogen-bond donors (Lipinski definition) is 1. The second-order valence-corrected chi connectivity index (χ2v) is 4.79. The van der Waals surface area contributed by atoms with Crippen LogP contribution >= 0.6 is 0 Å². The standard InChI is InChI=1S/C12H22N2O2/c1-2-11-9-16-6-5-14(11)12(15)7-10-3-4-13-8-10/h10-11,13H,2-9H2,1H3. The van der Waals surface area contributed by atoms with Crippen LogP contribution in [0.25, 0.3) is 0 Å². The average Bonchev–Trinajstić information content (AvgIpc) is 2.81. The molecule has 0 spiro atoms. The summed E-state index contributed by atoms with van der Waals surface area (Å²) in [6.07, 6.45) is 2.85. The second kappa shape index (κ2) is 5.64. The molecule has 2 aliphatic heterocycles. The fraction of sp³-hybridized carbons (Fsp3) is 0.917. The summed E-state index contributed by atoms with van der Waals surface area (Å²) in [6, 6.07) is 0.301. The largest absolute Gasteiger partial charge is 0.377 e. The van der Waals surface area contributed by atoms with E-state index in [0.29, 0.717) is 37.5 Å². The van der Waals surface area contributed by atoms with Crippen LogP contribution in [0.5, 0.6) is 0 Å². The van der Waals surface area contributed by atoms with Gasteiger partial charge >= 0.3 is 0 Å². The molecule has 4 nitrogen and oxygen atoms in total. The predicted molar refractivity (Wildman–Crippen MR) is 62.2 cm³/mol. The predicted octanol–water partition coefficient (Wildman–Crippen LogP) is 0.623. The first-order valence-corrected chi connectivity index (χ1v) is 6.39. The Labute approximate surface area is 97.3 Å². The summed E-state index contributed by atoms with van der Waals surface area (Å²) < 4.78 is 5.42. The highest BCUT2D eigenvalue weighted by Gasteiger charge is 2.28. The molecule has 0 bridgehead atoms. The zero-order valence-corrected chi connectivity index (χ0v) is 10.1. The van der Waals surface area contributed by atoms with E-state index in [1.165, 1.54) is 0 Å². The van der Waals surface area contributed by atoms with E-state index in [2.05, 4.69) is 12.2 Å². The van der Waals surface area contributed by atoms with Crippen LogP contribution in [-0.4, -0.2) is 49.7 Å². The second-order valence-electron chi connectivity index (χ2n) is 4.79. The van der Waals surface area contributed by atoms with Crippen molar-refractivity contribution in [1.82, 2.24) is 10.2 Å². The molecule has 0 aliphatic carbocycles. The molecule has 2 heterocycles. The van der Waals surface area contributed by atoms with E-state index in [-0.39, 0.29) is 0 Å². The Balaban J connectivity index is 1.86. The van der Waals surface area contributed by atoms with E-state index < -0.39 is 0 Å². The normalized spacial score (nSPS) is 30.7. The minimum absolute atomic E-state index is 0.301. The van der Waals surface area contributed by atoms with Gasteiger partial charge in [0.1, 0.15) is 0 Å². The van der Waals surface area contributed by atoms with Crippen molar-refractivity contribution in [1.29, 1.82) is 0 Å². The minimum atomic E-state index is 0.301. The number of rotatable bonds is 3. The zero-order chi connectivity index (χ0) is 11.4. The Morgan fingerprint density at radius 3 is 3.12 bits per heavy atom. The molecule has 2 rings (SSSR count). The van der Waals surface area contributed by atoms with Crippen LogP contribution in [0.15, 0.2) is 0 Å². The smallest absolute Gasteiger partial charge is 0.223 e. The number of nitrogens with one attached hydrogen (secondary N) is 1. The molecule has 0 aromatic heterocycles. The van der Waals surface area contributed by atoms with Crippen molar-refractivity contribution in [3.05, 3.63) is 0 Å². The first kappa shape index (κ1) is 11.9. The summed E-state index contributed by atoms with van der Waals surface area (Å²) in [6.45, 7) is 6.38. The SMILES string of the molecule is CCC1COCCN1C(=O)CC1CCNC1. The van der Waals surface area contributed by atoms with E-state index in [1.807, 2.05) is 4.90 Å². The van der Waals surface area contributed by atoms with Gasteiger partial charge in [-0.3, -0.25) is 4.79 Å². The van der Waals surface area contributed by atoms with Crippen molar-refractivity contribution in [2.45, 2.75) is 32.2 Å². The van der Waals surface area contributed by atoms with Crippen LogP contribution in [-0.2, 0) is 9.53 Å². The van der Waals surface area contributed by atoms with E-state index in [4.69, 9.17) is 4.74 Å². The first-order chi connectivity index (χ1) is 7.81. The van der Waals surface area contributed by atoms with Crippen LogP contribution in [0.3, 0.4) is 0 Å². The molecule has 0 aromatic rings. The molecule has 2 fully saturated rings. The fourth-order valence-electron chi connectivity index (χ4n) is 2.57. The van der Waals surface area contributed by atoms with Gasteiger partial charge < -0.3 is 15.0 Å². The summed E-state index contributed by atoms with van der Waals surface area (Å²) in [5.41, 5.74) is 0. The van der Waals surface area contributed by atoms with Gasteiger partial charge in [-0.05, 0) is 31.8 Å². The Morgan fingerprint density at radius 2 is 2.44 bits per heavy atom. The van der Waals surface area contributed by atoms with E-state index in [0.717, 1.165) is 32.5 Å². The molecule has 1 amide bonds.